The van der Waals surface area contributed by atoms with Crippen molar-refractivity contribution >= 4 is 0 Å². The molecular formula is C16H17NO2. The Morgan fingerprint density at radius 2 is 1.68 bits per heavy atom. The molecule has 0 fully saturated rings. The van der Waals surface area contributed by atoms with Crippen LogP contribution in [0.5, 0.6) is 11.5 Å². The fourth-order valence-electron chi connectivity index (χ4n) is 2.29. The van der Waals surface area contributed by atoms with E-state index in [9.17, 15) is 0 Å². The number of benzene rings is 2. The van der Waals surface area contributed by atoms with Crippen LogP contribution in [0.25, 0.3) is 0 Å². The van der Waals surface area contributed by atoms with Gasteiger partial charge in [-0.05, 0) is 29.7 Å². The first-order valence-corrected chi connectivity index (χ1v) is 6.52. The van der Waals surface area contributed by atoms with Gasteiger partial charge in [0.15, 0.2) is 11.5 Å². The van der Waals surface area contributed by atoms with Crippen LogP contribution in [-0.2, 0) is 6.42 Å². The molecule has 1 heterocycles. The molecule has 1 atom stereocenters. The van der Waals surface area contributed by atoms with Gasteiger partial charge in [0.25, 0.3) is 0 Å². The summed E-state index contributed by atoms with van der Waals surface area (Å²) < 4.78 is 11.1. The van der Waals surface area contributed by atoms with Gasteiger partial charge >= 0.3 is 0 Å². The molecule has 0 spiro atoms. The molecular weight excluding hydrogens is 238 g/mol. The average molecular weight is 255 g/mol. The highest BCUT2D eigenvalue weighted by Gasteiger charge is 2.13. The molecule has 0 unspecified atom stereocenters. The zero-order valence-corrected chi connectivity index (χ0v) is 10.7. The third kappa shape index (κ3) is 2.71. The first kappa shape index (κ1) is 12.1. The quantitative estimate of drug-likeness (QED) is 0.917. The monoisotopic (exact) mass is 255 g/mol. The fraction of sp³-hybridized carbons (Fsp3) is 0.250. The van der Waals surface area contributed by atoms with Crippen LogP contribution < -0.4 is 15.2 Å². The Morgan fingerprint density at radius 3 is 2.47 bits per heavy atom. The summed E-state index contributed by atoms with van der Waals surface area (Å²) in [6.45, 7) is 1.23. The molecule has 0 aromatic heterocycles. The molecule has 2 aromatic rings. The molecule has 1 aliphatic heterocycles. The maximum absolute atomic E-state index is 6.23. The van der Waals surface area contributed by atoms with Gasteiger partial charge in [0.2, 0.25) is 0 Å². The number of nitrogens with two attached hydrogens (primary N) is 1. The summed E-state index contributed by atoms with van der Waals surface area (Å²) in [6, 6.07) is 16.2. The molecule has 0 amide bonds. The SMILES string of the molecule is N[C@H](Cc1ccc2c(c1)OCCO2)c1ccccc1. The van der Waals surface area contributed by atoms with E-state index in [0.29, 0.717) is 13.2 Å². The second-order valence-electron chi connectivity index (χ2n) is 4.70. The minimum atomic E-state index is 0.00348. The Hall–Kier alpha value is -2.00. The van der Waals surface area contributed by atoms with E-state index in [1.54, 1.807) is 0 Å². The van der Waals surface area contributed by atoms with Crippen molar-refractivity contribution in [1.29, 1.82) is 0 Å². The van der Waals surface area contributed by atoms with E-state index in [4.69, 9.17) is 15.2 Å². The van der Waals surface area contributed by atoms with Crippen molar-refractivity contribution in [3.63, 3.8) is 0 Å². The van der Waals surface area contributed by atoms with Gasteiger partial charge in [-0.2, -0.15) is 0 Å². The van der Waals surface area contributed by atoms with Gasteiger partial charge in [0, 0.05) is 6.04 Å². The first-order valence-electron chi connectivity index (χ1n) is 6.52. The van der Waals surface area contributed by atoms with Gasteiger partial charge in [0.1, 0.15) is 13.2 Å². The molecule has 98 valence electrons. The summed E-state index contributed by atoms with van der Waals surface area (Å²) in [5.41, 5.74) is 8.55. The van der Waals surface area contributed by atoms with Crippen molar-refractivity contribution in [1.82, 2.24) is 0 Å². The van der Waals surface area contributed by atoms with E-state index in [2.05, 4.69) is 18.2 Å². The Kier molecular flexibility index (Phi) is 3.38. The molecule has 2 aromatic carbocycles. The summed E-state index contributed by atoms with van der Waals surface area (Å²) in [5, 5.41) is 0. The zero-order valence-electron chi connectivity index (χ0n) is 10.7. The fourth-order valence-corrected chi connectivity index (χ4v) is 2.29. The lowest BCUT2D eigenvalue weighted by Gasteiger charge is -2.19. The molecule has 19 heavy (non-hydrogen) atoms. The Balaban J connectivity index is 1.76. The summed E-state index contributed by atoms with van der Waals surface area (Å²) >= 11 is 0. The highest BCUT2D eigenvalue weighted by Crippen LogP contribution is 2.31. The van der Waals surface area contributed by atoms with Crippen LogP contribution in [0.1, 0.15) is 17.2 Å². The van der Waals surface area contributed by atoms with E-state index < -0.39 is 0 Å². The van der Waals surface area contributed by atoms with Gasteiger partial charge in [-0.25, -0.2) is 0 Å². The zero-order chi connectivity index (χ0) is 13.1. The highest BCUT2D eigenvalue weighted by molar-refractivity contribution is 5.44. The topological polar surface area (TPSA) is 44.5 Å². The standard InChI is InChI=1S/C16H17NO2/c17-14(13-4-2-1-3-5-13)10-12-6-7-15-16(11-12)19-9-8-18-15/h1-7,11,14H,8-10,17H2/t14-/m1/s1. The van der Waals surface area contributed by atoms with Crippen molar-refractivity contribution in [2.24, 2.45) is 5.73 Å². The smallest absolute Gasteiger partial charge is 0.161 e. The molecule has 0 aliphatic carbocycles. The molecule has 3 nitrogen and oxygen atoms in total. The summed E-state index contributed by atoms with van der Waals surface area (Å²) in [4.78, 5) is 0. The Bertz CT molecular complexity index is 554. The Morgan fingerprint density at radius 1 is 0.947 bits per heavy atom. The van der Waals surface area contributed by atoms with Gasteiger partial charge in [-0.3, -0.25) is 0 Å². The van der Waals surface area contributed by atoms with Crippen LogP contribution in [0.4, 0.5) is 0 Å². The normalized spacial score (nSPS) is 15.0. The minimum absolute atomic E-state index is 0.00348. The van der Waals surface area contributed by atoms with E-state index in [1.807, 2.05) is 30.3 Å². The summed E-state index contributed by atoms with van der Waals surface area (Å²) in [6.07, 6.45) is 0.792. The molecule has 3 heteroatoms. The number of hydrogen-bond acceptors (Lipinski definition) is 3. The largest absolute Gasteiger partial charge is 0.486 e. The summed E-state index contributed by atoms with van der Waals surface area (Å²) in [5.74, 6) is 1.65. The van der Waals surface area contributed by atoms with Gasteiger partial charge < -0.3 is 15.2 Å². The van der Waals surface area contributed by atoms with Crippen LogP contribution in [0.2, 0.25) is 0 Å². The van der Waals surface area contributed by atoms with E-state index in [-0.39, 0.29) is 6.04 Å². The maximum Gasteiger partial charge on any atom is 0.161 e. The average Bonchev–Trinajstić information content (AvgIpc) is 2.48. The van der Waals surface area contributed by atoms with Crippen molar-refractivity contribution in [3.05, 3.63) is 59.7 Å². The van der Waals surface area contributed by atoms with Crippen molar-refractivity contribution in [2.75, 3.05) is 13.2 Å². The number of hydrogen-bond donors (Lipinski definition) is 1. The molecule has 0 saturated carbocycles. The summed E-state index contributed by atoms with van der Waals surface area (Å²) in [7, 11) is 0. The highest BCUT2D eigenvalue weighted by atomic mass is 16.6. The van der Waals surface area contributed by atoms with Crippen LogP contribution in [0, 0.1) is 0 Å². The molecule has 3 rings (SSSR count). The van der Waals surface area contributed by atoms with Crippen LogP contribution >= 0.6 is 0 Å². The predicted molar refractivity (Wildman–Crippen MR) is 74.5 cm³/mol. The van der Waals surface area contributed by atoms with E-state index in [1.165, 1.54) is 5.56 Å². The number of fused-ring (bicyclic) bond motifs is 1. The second kappa shape index (κ2) is 5.33. The van der Waals surface area contributed by atoms with Crippen molar-refractivity contribution < 1.29 is 9.47 Å². The third-order valence-electron chi connectivity index (χ3n) is 3.29. The molecule has 0 radical (unpaired) electrons. The lowest BCUT2D eigenvalue weighted by Crippen LogP contribution is -2.16. The third-order valence-corrected chi connectivity index (χ3v) is 3.29. The maximum atomic E-state index is 6.23. The lowest BCUT2D eigenvalue weighted by atomic mass is 9.99. The van der Waals surface area contributed by atoms with Gasteiger partial charge in [-0.15, -0.1) is 0 Å². The molecule has 0 bridgehead atoms. The van der Waals surface area contributed by atoms with Crippen LogP contribution in [0.3, 0.4) is 0 Å². The van der Waals surface area contributed by atoms with Crippen molar-refractivity contribution in [2.45, 2.75) is 12.5 Å². The van der Waals surface area contributed by atoms with E-state index in [0.717, 1.165) is 23.5 Å². The van der Waals surface area contributed by atoms with Crippen LogP contribution in [0.15, 0.2) is 48.5 Å². The predicted octanol–water partition coefficient (Wildman–Crippen LogP) is 2.70. The molecule has 0 saturated heterocycles. The lowest BCUT2D eigenvalue weighted by molar-refractivity contribution is 0.171. The van der Waals surface area contributed by atoms with Gasteiger partial charge in [-0.1, -0.05) is 36.4 Å². The van der Waals surface area contributed by atoms with E-state index >= 15 is 0 Å². The van der Waals surface area contributed by atoms with Crippen molar-refractivity contribution in [3.8, 4) is 11.5 Å². The van der Waals surface area contributed by atoms with Gasteiger partial charge in [0.05, 0.1) is 0 Å². The number of rotatable bonds is 3. The van der Waals surface area contributed by atoms with Crippen LogP contribution in [-0.4, -0.2) is 13.2 Å². The second-order valence-corrected chi connectivity index (χ2v) is 4.70. The molecule has 1 aliphatic rings. The first-order chi connectivity index (χ1) is 9.33. The Labute approximate surface area is 113 Å². The minimum Gasteiger partial charge on any atom is -0.486 e. The number of ether oxygens (including phenoxy) is 2. The molecule has 2 N–H and O–H groups in total.